The third kappa shape index (κ3) is 3.51. The minimum atomic E-state index is 0.212. The van der Waals surface area contributed by atoms with Gasteiger partial charge in [-0.15, -0.1) is 10.2 Å². The van der Waals surface area contributed by atoms with E-state index in [0.29, 0.717) is 12.0 Å². The molecule has 29 heavy (non-hydrogen) atoms. The zero-order valence-corrected chi connectivity index (χ0v) is 17.6. The predicted octanol–water partition coefficient (Wildman–Crippen LogP) is 1.78. The Kier molecular flexibility index (Phi) is 5.17. The maximum absolute atomic E-state index is 5.80. The van der Waals surface area contributed by atoms with Crippen molar-refractivity contribution in [2.75, 3.05) is 58.0 Å². The second-order valence-electron chi connectivity index (χ2n) is 9.05. The number of anilines is 1. The molecule has 0 unspecified atom stereocenters. The molecule has 158 valence electrons. The fourth-order valence-corrected chi connectivity index (χ4v) is 5.93. The van der Waals surface area contributed by atoms with Gasteiger partial charge in [0, 0.05) is 44.7 Å². The molecular formula is C21H32N6O2. The van der Waals surface area contributed by atoms with E-state index in [0.717, 1.165) is 63.0 Å². The molecule has 0 amide bonds. The summed E-state index contributed by atoms with van der Waals surface area (Å²) >= 11 is 0. The summed E-state index contributed by atoms with van der Waals surface area (Å²) in [6.07, 6.45) is 6.65. The summed E-state index contributed by atoms with van der Waals surface area (Å²) in [5.41, 5.74) is 3.21. The van der Waals surface area contributed by atoms with Gasteiger partial charge in [0.15, 0.2) is 0 Å². The van der Waals surface area contributed by atoms with Gasteiger partial charge in [-0.3, -0.25) is 4.90 Å². The van der Waals surface area contributed by atoms with Gasteiger partial charge >= 0.3 is 0 Å². The van der Waals surface area contributed by atoms with Crippen molar-refractivity contribution in [2.24, 2.45) is 11.3 Å². The Hall–Kier alpha value is -1.77. The van der Waals surface area contributed by atoms with Crippen LogP contribution in [-0.4, -0.2) is 83.9 Å². The van der Waals surface area contributed by atoms with E-state index in [2.05, 4.69) is 31.2 Å². The Morgan fingerprint density at radius 1 is 1.24 bits per heavy atom. The summed E-state index contributed by atoms with van der Waals surface area (Å²) in [5, 5.41) is 12.9. The first-order valence-corrected chi connectivity index (χ1v) is 10.9. The number of ether oxygens (including phenoxy) is 2. The molecule has 3 atom stereocenters. The monoisotopic (exact) mass is 400 g/mol. The van der Waals surface area contributed by atoms with Crippen LogP contribution in [0.2, 0.25) is 0 Å². The van der Waals surface area contributed by atoms with E-state index in [1.165, 1.54) is 25.7 Å². The number of rotatable bonds is 4. The lowest BCUT2D eigenvalue weighted by Gasteiger charge is -2.54. The average molecular weight is 401 g/mol. The summed E-state index contributed by atoms with van der Waals surface area (Å²) in [7, 11) is 1.85. The first kappa shape index (κ1) is 19.2. The Labute approximate surface area is 172 Å². The molecule has 8 heteroatoms. The maximum atomic E-state index is 5.80. The van der Waals surface area contributed by atoms with Crippen molar-refractivity contribution < 1.29 is 9.47 Å². The highest BCUT2D eigenvalue weighted by molar-refractivity contribution is 5.68. The molecular weight excluding hydrogens is 368 g/mol. The lowest BCUT2D eigenvalue weighted by Crippen LogP contribution is -2.57. The van der Waals surface area contributed by atoms with Gasteiger partial charge in [-0.2, -0.15) is 9.61 Å². The summed E-state index contributed by atoms with van der Waals surface area (Å²) in [5.74, 6) is 0.706. The van der Waals surface area contributed by atoms with E-state index in [4.69, 9.17) is 9.47 Å². The fourth-order valence-electron chi connectivity index (χ4n) is 5.93. The first-order valence-electron chi connectivity index (χ1n) is 10.9. The molecule has 3 aliphatic rings. The van der Waals surface area contributed by atoms with Gasteiger partial charge in [-0.1, -0.05) is 0 Å². The van der Waals surface area contributed by atoms with Gasteiger partial charge in [-0.25, -0.2) is 0 Å². The van der Waals surface area contributed by atoms with Crippen LogP contribution in [0.1, 0.15) is 31.4 Å². The van der Waals surface area contributed by atoms with Gasteiger partial charge in [0.25, 0.3) is 0 Å². The molecule has 1 saturated carbocycles. The zero-order chi connectivity index (χ0) is 19.8. The van der Waals surface area contributed by atoms with Crippen molar-refractivity contribution in [1.82, 2.24) is 24.7 Å². The van der Waals surface area contributed by atoms with Crippen LogP contribution in [0.5, 0.6) is 0 Å². The molecule has 2 aliphatic heterocycles. The topological polar surface area (TPSA) is 68.0 Å². The van der Waals surface area contributed by atoms with E-state index in [9.17, 15) is 0 Å². The lowest BCUT2D eigenvalue weighted by atomic mass is 9.61. The van der Waals surface area contributed by atoms with Gasteiger partial charge in [0.2, 0.25) is 5.65 Å². The molecule has 2 aromatic rings. The van der Waals surface area contributed by atoms with Crippen molar-refractivity contribution in [3.63, 3.8) is 0 Å². The normalized spacial score (nSPS) is 31.2. The second kappa shape index (κ2) is 7.81. The summed E-state index contributed by atoms with van der Waals surface area (Å²) in [6, 6.07) is 2.86. The highest BCUT2D eigenvalue weighted by atomic mass is 16.5. The van der Waals surface area contributed by atoms with E-state index in [1.807, 2.05) is 14.0 Å². The number of hydrogen-bond donors (Lipinski definition) is 0. The van der Waals surface area contributed by atoms with Crippen molar-refractivity contribution in [2.45, 2.75) is 38.6 Å². The number of nitrogens with zero attached hydrogens (tertiary/aromatic N) is 6. The molecule has 0 bridgehead atoms. The molecule has 2 saturated heterocycles. The summed E-state index contributed by atoms with van der Waals surface area (Å²) in [6.45, 7) is 8.88. The molecule has 0 spiro atoms. The van der Waals surface area contributed by atoms with E-state index in [1.54, 1.807) is 10.8 Å². The predicted molar refractivity (Wildman–Crippen MR) is 110 cm³/mol. The minimum absolute atomic E-state index is 0.212. The van der Waals surface area contributed by atoms with Crippen LogP contribution in [-0.2, 0) is 9.47 Å². The van der Waals surface area contributed by atoms with Gasteiger partial charge in [0.1, 0.15) is 6.33 Å². The minimum Gasteiger partial charge on any atom is -0.384 e. The van der Waals surface area contributed by atoms with Gasteiger partial charge < -0.3 is 14.4 Å². The second-order valence-corrected chi connectivity index (χ2v) is 9.05. The first-order chi connectivity index (χ1) is 14.2. The highest BCUT2D eigenvalue weighted by Crippen LogP contribution is 2.48. The van der Waals surface area contributed by atoms with Crippen LogP contribution in [0.3, 0.4) is 0 Å². The molecule has 0 radical (unpaired) electrons. The molecule has 1 aliphatic carbocycles. The highest BCUT2D eigenvalue weighted by Gasteiger charge is 2.48. The van der Waals surface area contributed by atoms with Crippen molar-refractivity contribution in [1.29, 1.82) is 0 Å². The standard InChI is InChI=1S/C21H32N6O2/c1-16-11-19(20-23-22-15-27(20)24-16)26-6-4-17-12-18(25-7-9-29-10-8-25)3-5-21(17,13-26)14-28-2/h11,15,17-18H,3-10,12-14H2,1-2H3/t17-,18-,21+/m1/s1. The van der Waals surface area contributed by atoms with Crippen LogP contribution in [0.15, 0.2) is 12.4 Å². The number of aryl methyl sites for hydroxylation is 1. The molecule has 5 rings (SSSR count). The molecule has 4 heterocycles. The quantitative estimate of drug-likeness (QED) is 0.775. The van der Waals surface area contributed by atoms with Crippen molar-refractivity contribution in [3.8, 4) is 0 Å². The number of fused-ring (bicyclic) bond motifs is 2. The Morgan fingerprint density at radius 2 is 2.10 bits per heavy atom. The third-order valence-electron chi connectivity index (χ3n) is 7.36. The fraction of sp³-hybridized carbons (Fsp3) is 0.762. The third-order valence-corrected chi connectivity index (χ3v) is 7.36. The smallest absolute Gasteiger partial charge is 0.200 e. The van der Waals surface area contributed by atoms with Crippen LogP contribution >= 0.6 is 0 Å². The SMILES string of the molecule is COC[C@@]12CC[C@@H](N3CCOCC3)C[C@H]1CCN(c1cc(C)nn3cnnc13)C2. The van der Waals surface area contributed by atoms with Crippen LogP contribution in [0.4, 0.5) is 5.69 Å². The number of methoxy groups -OCH3 is 1. The molecule has 2 aromatic heterocycles. The Balaban J connectivity index is 1.39. The number of piperidine rings is 1. The molecule has 3 fully saturated rings. The molecule has 0 N–H and O–H groups in total. The van der Waals surface area contributed by atoms with Gasteiger partial charge in [-0.05, 0) is 44.6 Å². The van der Waals surface area contributed by atoms with E-state index >= 15 is 0 Å². The number of morpholine rings is 1. The number of aromatic nitrogens is 4. The van der Waals surface area contributed by atoms with Crippen LogP contribution < -0.4 is 4.90 Å². The van der Waals surface area contributed by atoms with Crippen LogP contribution in [0, 0.1) is 18.3 Å². The Morgan fingerprint density at radius 3 is 2.93 bits per heavy atom. The zero-order valence-electron chi connectivity index (χ0n) is 17.6. The lowest BCUT2D eigenvalue weighted by molar-refractivity contribution is -0.0539. The summed E-state index contributed by atoms with van der Waals surface area (Å²) in [4.78, 5) is 5.17. The van der Waals surface area contributed by atoms with Gasteiger partial charge in [0.05, 0.1) is 31.2 Å². The summed E-state index contributed by atoms with van der Waals surface area (Å²) < 4.78 is 13.2. The molecule has 0 aromatic carbocycles. The van der Waals surface area contributed by atoms with E-state index in [-0.39, 0.29) is 5.41 Å². The van der Waals surface area contributed by atoms with Crippen molar-refractivity contribution >= 4 is 11.3 Å². The molecule has 8 nitrogen and oxygen atoms in total. The number of hydrogen-bond acceptors (Lipinski definition) is 7. The maximum Gasteiger partial charge on any atom is 0.200 e. The van der Waals surface area contributed by atoms with Crippen LogP contribution in [0.25, 0.3) is 5.65 Å². The average Bonchev–Trinajstić information content (AvgIpc) is 3.21. The largest absolute Gasteiger partial charge is 0.384 e. The van der Waals surface area contributed by atoms with E-state index < -0.39 is 0 Å². The van der Waals surface area contributed by atoms with Crippen molar-refractivity contribution in [3.05, 3.63) is 18.1 Å². The Bertz CT molecular complexity index is 851.